The molecule has 0 amide bonds. The zero-order valence-electron chi connectivity index (χ0n) is 25.0. The van der Waals surface area contributed by atoms with Crippen LogP contribution in [0.3, 0.4) is 0 Å². The summed E-state index contributed by atoms with van der Waals surface area (Å²) in [7, 11) is 2.14. The van der Waals surface area contributed by atoms with Gasteiger partial charge in [-0.1, -0.05) is 97.6 Å². The first-order valence-electron chi connectivity index (χ1n) is 15.5. The normalized spacial score (nSPS) is 21.0. The van der Waals surface area contributed by atoms with Gasteiger partial charge in [-0.15, -0.1) is 0 Å². The van der Waals surface area contributed by atoms with E-state index in [1.54, 1.807) is 0 Å². The van der Waals surface area contributed by atoms with E-state index in [1.165, 1.54) is 44.8 Å². The van der Waals surface area contributed by atoms with Crippen LogP contribution in [0.4, 0.5) is 17.1 Å². The van der Waals surface area contributed by atoms with Gasteiger partial charge in [0.2, 0.25) is 0 Å². The SMILES string of the molecule is C=C1CC/C=N\Cc2ccc(N3C4=C(C=CC=CC4)C4(c5ccccc5COc5ccccc54)c4ccccc43)cc2N1C. The molecule has 8 rings (SSSR count). The van der Waals surface area contributed by atoms with E-state index in [2.05, 4.69) is 139 Å². The van der Waals surface area contributed by atoms with Crippen molar-refractivity contribution < 1.29 is 4.74 Å². The molecular weight excluding hydrogens is 538 g/mol. The van der Waals surface area contributed by atoms with E-state index in [9.17, 15) is 0 Å². The monoisotopic (exact) mass is 573 g/mol. The minimum Gasteiger partial charge on any atom is -0.489 e. The van der Waals surface area contributed by atoms with Gasteiger partial charge in [0.15, 0.2) is 0 Å². The number of para-hydroxylation sites is 2. The summed E-state index contributed by atoms with van der Waals surface area (Å²) in [5.41, 5.74) is 12.7. The second-order valence-electron chi connectivity index (χ2n) is 11.9. The van der Waals surface area contributed by atoms with Crippen LogP contribution in [0, 0.1) is 0 Å². The summed E-state index contributed by atoms with van der Waals surface area (Å²) in [4.78, 5) is 9.46. The lowest BCUT2D eigenvalue weighted by atomic mass is 9.61. The third kappa shape index (κ3) is 3.94. The van der Waals surface area contributed by atoms with Crippen molar-refractivity contribution in [1.29, 1.82) is 0 Å². The van der Waals surface area contributed by atoms with E-state index in [0.717, 1.165) is 42.1 Å². The molecule has 1 spiro atoms. The van der Waals surface area contributed by atoms with Gasteiger partial charge in [0.05, 0.1) is 17.6 Å². The van der Waals surface area contributed by atoms with Gasteiger partial charge in [0, 0.05) is 41.8 Å². The second-order valence-corrected chi connectivity index (χ2v) is 11.9. The molecule has 0 N–H and O–H groups in total. The van der Waals surface area contributed by atoms with Crippen molar-refractivity contribution in [3.8, 4) is 5.75 Å². The van der Waals surface area contributed by atoms with Crippen LogP contribution in [0.2, 0.25) is 0 Å². The first-order chi connectivity index (χ1) is 21.7. The lowest BCUT2D eigenvalue weighted by Crippen LogP contribution is -2.40. The summed E-state index contributed by atoms with van der Waals surface area (Å²) < 4.78 is 6.56. The van der Waals surface area contributed by atoms with E-state index >= 15 is 0 Å². The zero-order chi connectivity index (χ0) is 29.7. The maximum absolute atomic E-state index is 6.56. The summed E-state index contributed by atoms with van der Waals surface area (Å²) in [6.45, 7) is 5.62. The summed E-state index contributed by atoms with van der Waals surface area (Å²) in [5.74, 6) is 0.933. The van der Waals surface area contributed by atoms with Crippen molar-refractivity contribution >= 4 is 23.3 Å². The summed E-state index contributed by atoms with van der Waals surface area (Å²) in [6, 6.07) is 33.2. The van der Waals surface area contributed by atoms with Gasteiger partial charge in [-0.3, -0.25) is 4.99 Å². The average molecular weight is 574 g/mol. The maximum Gasteiger partial charge on any atom is 0.124 e. The molecule has 0 radical (unpaired) electrons. The zero-order valence-corrected chi connectivity index (χ0v) is 25.0. The number of aliphatic imine (C=N–C) groups is 1. The highest BCUT2D eigenvalue weighted by molar-refractivity contribution is 5.85. The Balaban J connectivity index is 1.45. The van der Waals surface area contributed by atoms with E-state index in [4.69, 9.17) is 9.73 Å². The minimum atomic E-state index is -0.546. The summed E-state index contributed by atoms with van der Waals surface area (Å²) >= 11 is 0. The van der Waals surface area contributed by atoms with E-state index < -0.39 is 5.41 Å². The van der Waals surface area contributed by atoms with Crippen molar-refractivity contribution in [2.45, 2.75) is 37.8 Å². The molecule has 4 heteroatoms. The molecule has 1 atom stereocenters. The molecular formula is C40H35N3O. The fourth-order valence-electron chi connectivity index (χ4n) is 7.50. The molecule has 1 aliphatic carbocycles. The molecule has 0 saturated carbocycles. The van der Waals surface area contributed by atoms with Crippen molar-refractivity contribution in [3.05, 3.63) is 167 Å². The second kappa shape index (κ2) is 10.6. The molecule has 4 nitrogen and oxygen atoms in total. The van der Waals surface area contributed by atoms with Crippen molar-refractivity contribution in [1.82, 2.24) is 0 Å². The van der Waals surface area contributed by atoms with Crippen LogP contribution in [0.15, 0.2) is 144 Å². The van der Waals surface area contributed by atoms with Gasteiger partial charge >= 0.3 is 0 Å². The lowest BCUT2D eigenvalue weighted by Gasteiger charge is -2.47. The van der Waals surface area contributed by atoms with Crippen LogP contribution in [0.5, 0.6) is 5.75 Å². The topological polar surface area (TPSA) is 28.1 Å². The smallest absolute Gasteiger partial charge is 0.124 e. The number of rotatable bonds is 1. The Labute approximate surface area is 259 Å². The number of nitrogens with zero attached hydrogens (tertiary/aromatic N) is 3. The summed E-state index contributed by atoms with van der Waals surface area (Å²) in [6.07, 6.45) is 13.6. The van der Waals surface area contributed by atoms with Gasteiger partial charge < -0.3 is 14.5 Å². The first-order valence-corrected chi connectivity index (χ1v) is 15.5. The molecule has 216 valence electrons. The highest BCUT2D eigenvalue weighted by Crippen LogP contribution is 2.59. The molecule has 4 aromatic rings. The Kier molecular flexibility index (Phi) is 6.37. The molecule has 0 aromatic heterocycles. The summed E-state index contributed by atoms with van der Waals surface area (Å²) in [5, 5.41) is 0. The number of benzene rings is 4. The van der Waals surface area contributed by atoms with Crippen LogP contribution in [-0.2, 0) is 18.6 Å². The third-order valence-corrected chi connectivity index (χ3v) is 9.57. The van der Waals surface area contributed by atoms with E-state index in [1.807, 2.05) is 6.21 Å². The predicted octanol–water partition coefficient (Wildman–Crippen LogP) is 9.15. The van der Waals surface area contributed by atoms with Gasteiger partial charge in [0.1, 0.15) is 12.4 Å². The van der Waals surface area contributed by atoms with E-state index in [-0.39, 0.29) is 0 Å². The average Bonchev–Trinajstić information content (AvgIpc) is 3.37. The third-order valence-electron chi connectivity index (χ3n) is 9.57. The largest absolute Gasteiger partial charge is 0.489 e. The molecule has 0 fully saturated rings. The maximum atomic E-state index is 6.56. The fourth-order valence-corrected chi connectivity index (χ4v) is 7.50. The Morgan fingerprint density at radius 2 is 1.61 bits per heavy atom. The molecule has 3 aliphatic heterocycles. The Morgan fingerprint density at radius 3 is 2.52 bits per heavy atom. The van der Waals surface area contributed by atoms with Crippen LogP contribution in [0.25, 0.3) is 0 Å². The molecule has 44 heavy (non-hydrogen) atoms. The van der Waals surface area contributed by atoms with Crippen molar-refractivity contribution in [2.75, 3.05) is 16.8 Å². The van der Waals surface area contributed by atoms with Crippen molar-refractivity contribution in [2.24, 2.45) is 4.99 Å². The van der Waals surface area contributed by atoms with E-state index in [0.29, 0.717) is 13.2 Å². The molecule has 0 saturated heterocycles. The quantitative estimate of drug-likeness (QED) is 0.227. The van der Waals surface area contributed by atoms with Gasteiger partial charge in [-0.25, -0.2) is 0 Å². The fraction of sp³-hybridized carbons (Fsp3) is 0.175. The Bertz CT molecular complexity index is 1880. The highest BCUT2D eigenvalue weighted by Gasteiger charge is 2.50. The number of anilines is 3. The number of hydrogen-bond acceptors (Lipinski definition) is 4. The lowest BCUT2D eigenvalue weighted by molar-refractivity contribution is 0.306. The molecule has 1 unspecified atom stereocenters. The van der Waals surface area contributed by atoms with Crippen LogP contribution >= 0.6 is 0 Å². The molecule has 4 aliphatic rings. The number of hydrogen-bond donors (Lipinski definition) is 0. The standard InChI is InChI=1S/C40H35N3O/c1-28-13-12-24-41-26-29-22-23-31(25-38(29)42(28)2)43-36-19-5-3-4-16-33(36)40(34-17-8-10-20-37(34)43)32-15-7-6-14-30(32)27-44-39-21-11-9-18-35(39)40/h3-11,14-18,20-25H,1,12-13,19,26-27H2,2H3/b41-24-. The van der Waals surface area contributed by atoms with Crippen LogP contribution in [-0.4, -0.2) is 13.3 Å². The molecule has 4 aromatic carbocycles. The Hall–Kier alpha value is -5.09. The van der Waals surface area contributed by atoms with Crippen molar-refractivity contribution in [3.63, 3.8) is 0 Å². The molecule has 3 heterocycles. The highest BCUT2D eigenvalue weighted by atomic mass is 16.5. The van der Waals surface area contributed by atoms with Crippen LogP contribution in [0.1, 0.15) is 47.1 Å². The van der Waals surface area contributed by atoms with Crippen LogP contribution < -0.4 is 14.5 Å². The Morgan fingerprint density at radius 1 is 0.818 bits per heavy atom. The first kappa shape index (κ1) is 26.5. The van der Waals surface area contributed by atoms with Gasteiger partial charge in [0.25, 0.3) is 0 Å². The number of fused-ring (bicyclic) bond motifs is 8. The predicted molar refractivity (Wildman–Crippen MR) is 181 cm³/mol. The number of ether oxygens (including phenoxy) is 1. The minimum absolute atomic E-state index is 0.537. The van der Waals surface area contributed by atoms with Gasteiger partial charge in [-0.2, -0.15) is 0 Å². The van der Waals surface area contributed by atoms with Gasteiger partial charge in [-0.05, 0) is 71.1 Å². The molecule has 0 bridgehead atoms. The number of allylic oxidation sites excluding steroid dienone is 6.